The van der Waals surface area contributed by atoms with Crippen LogP contribution in [0, 0.1) is 0 Å². The van der Waals surface area contributed by atoms with Gasteiger partial charge in [0.05, 0.1) is 0 Å². The van der Waals surface area contributed by atoms with E-state index in [9.17, 15) is 0 Å². The van der Waals surface area contributed by atoms with Crippen LogP contribution in [-0.2, 0) is 0 Å². The Morgan fingerprint density at radius 1 is 0.273 bits per heavy atom. The topological polar surface area (TPSA) is 51.8 Å². The minimum absolute atomic E-state index is 0.576. The summed E-state index contributed by atoms with van der Waals surface area (Å²) in [6.45, 7) is 0. The van der Waals surface area contributed by atoms with Crippen molar-refractivity contribution in [2.45, 2.75) is 0 Å². The Hall–Kier alpha value is -7.43. The average Bonchev–Trinajstić information content (AvgIpc) is 3.66. The van der Waals surface area contributed by atoms with Gasteiger partial charge >= 0.3 is 0 Å². The number of nitrogens with zero attached hydrogens (tertiary/aromatic N) is 3. The van der Waals surface area contributed by atoms with Crippen molar-refractivity contribution < 1.29 is 4.42 Å². The monoisotopic (exact) mass is 703 g/mol. The molecular weight excluding hydrogens is 671 g/mol. The lowest BCUT2D eigenvalue weighted by Gasteiger charge is -2.12. The van der Waals surface area contributed by atoms with Crippen LogP contribution in [0.3, 0.4) is 0 Å². The van der Waals surface area contributed by atoms with Gasteiger partial charge in [0.1, 0.15) is 11.2 Å². The van der Waals surface area contributed by atoms with Gasteiger partial charge < -0.3 is 4.42 Å². The van der Waals surface area contributed by atoms with Crippen molar-refractivity contribution in [3.63, 3.8) is 0 Å². The molecule has 258 valence electrons. The summed E-state index contributed by atoms with van der Waals surface area (Å²) in [7, 11) is 0. The van der Waals surface area contributed by atoms with Crippen molar-refractivity contribution in [2.24, 2.45) is 0 Å². The third-order valence-electron chi connectivity index (χ3n) is 10.1. The van der Waals surface area contributed by atoms with Crippen LogP contribution in [0.4, 0.5) is 0 Å². The van der Waals surface area contributed by atoms with Gasteiger partial charge in [-0.25, -0.2) is 15.0 Å². The molecule has 0 fully saturated rings. The molecule has 4 heteroatoms. The summed E-state index contributed by atoms with van der Waals surface area (Å²) >= 11 is 0. The van der Waals surface area contributed by atoms with E-state index in [0.717, 1.165) is 72.0 Å². The van der Waals surface area contributed by atoms with Crippen molar-refractivity contribution in [2.75, 3.05) is 0 Å². The van der Waals surface area contributed by atoms with E-state index in [4.69, 9.17) is 19.4 Å². The van der Waals surface area contributed by atoms with Gasteiger partial charge in [0.15, 0.2) is 17.5 Å². The minimum Gasteiger partial charge on any atom is -0.456 e. The van der Waals surface area contributed by atoms with Gasteiger partial charge in [-0.2, -0.15) is 0 Å². The van der Waals surface area contributed by atoms with Gasteiger partial charge in [0.25, 0.3) is 0 Å². The molecule has 4 nitrogen and oxygen atoms in total. The van der Waals surface area contributed by atoms with Crippen molar-refractivity contribution in [1.82, 2.24) is 15.0 Å². The molecule has 0 N–H and O–H groups in total. The van der Waals surface area contributed by atoms with Gasteiger partial charge in [-0.05, 0) is 80.9 Å². The first-order valence-electron chi connectivity index (χ1n) is 18.4. The predicted octanol–water partition coefficient (Wildman–Crippen LogP) is 13.4. The number of aromatic nitrogens is 3. The SMILES string of the molecule is c1ccc(-c2cc(-c3ccccc3)cc(-c3nc(-c4ccccc4)nc(-c4ccc5c(c4)oc4cccc(-c6ccccc6-c6ccccc6)c45)n3)c2)cc1. The summed E-state index contributed by atoms with van der Waals surface area (Å²) in [5.74, 6) is 1.78. The van der Waals surface area contributed by atoms with Crippen molar-refractivity contribution in [1.29, 1.82) is 0 Å². The Labute approximate surface area is 319 Å². The molecule has 2 aromatic heterocycles. The molecular formula is C51H33N3O. The highest BCUT2D eigenvalue weighted by atomic mass is 16.3. The van der Waals surface area contributed by atoms with Crippen LogP contribution in [-0.4, -0.2) is 15.0 Å². The van der Waals surface area contributed by atoms with Crippen LogP contribution in [0.5, 0.6) is 0 Å². The van der Waals surface area contributed by atoms with Crippen LogP contribution < -0.4 is 0 Å². The Bertz CT molecular complexity index is 2900. The first-order valence-corrected chi connectivity index (χ1v) is 18.4. The van der Waals surface area contributed by atoms with E-state index in [0.29, 0.717) is 17.5 Å². The average molecular weight is 704 g/mol. The summed E-state index contributed by atoms with van der Waals surface area (Å²) in [5, 5.41) is 2.12. The molecule has 0 aliphatic carbocycles. The zero-order chi connectivity index (χ0) is 36.6. The molecule has 0 amide bonds. The number of hydrogen-bond acceptors (Lipinski definition) is 4. The van der Waals surface area contributed by atoms with E-state index >= 15 is 0 Å². The van der Waals surface area contributed by atoms with Crippen LogP contribution in [0.25, 0.3) is 101 Å². The van der Waals surface area contributed by atoms with Gasteiger partial charge in [0, 0.05) is 27.5 Å². The summed E-state index contributed by atoms with van der Waals surface area (Å²) in [6, 6.07) is 69.3. The molecule has 10 aromatic rings. The molecule has 2 heterocycles. The second-order valence-corrected chi connectivity index (χ2v) is 13.6. The van der Waals surface area contributed by atoms with E-state index < -0.39 is 0 Å². The lowest BCUT2D eigenvalue weighted by atomic mass is 9.92. The predicted molar refractivity (Wildman–Crippen MR) is 225 cm³/mol. The summed E-state index contributed by atoms with van der Waals surface area (Å²) in [4.78, 5) is 15.3. The normalized spacial score (nSPS) is 11.3. The Balaban J connectivity index is 1.14. The van der Waals surface area contributed by atoms with Crippen molar-refractivity contribution in [3.05, 3.63) is 200 Å². The number of rotatable bonds is 7. The maximum atomic E-state index is 6.61. The highest BCUT2D eigenvalue weighted by molar-refractivity contribution is 6.14. The van der Waals surface area contributed by atoms with E-state index in [1.54, 1.807) is 0 Å². The molecule has 0 saturated carbocycles. The second kappa shape index (κ2) is 13.8. The molecule has 0 aliphatic heterocycles. The molecule has 55 heavy (non-hydrogen) atoms. The lowest BCUT2D eigenvalue weighted by molar-refractivity contribution is 0.669. The highest BCUT2D eigenvalue weighted by Gasteiger charge is 2.19. The standard InChI is InChI=1S/C51H33N3O/c1-5-16-34(17-6-1)39-30-40(35-18-7-2-8-19-35)32-41(31-39)51-53-49(37-22-11-4-12-23-37)52-50(54-51)38-28-29-45-47(33-38)55-46-27-15-26-44(48(45)46)43-25-14-13-24-42(43)36-20-9-3-10-21-36/h1-33H. The molecule has 8 aromatic carbocycles. The first kappa shape index (κ1) is 32.2. The Morgan fingerprint density at radius 3 is 1.36 bits per heavy atom. The molecule has 0 atom stereocenters. The maximum Gasteiger partial charge on any atom is 0.164 e. The van der Waals surface area contributed by atoms with Crippen LogP contribution in [0.2, 0.25) is 0 Å². The molecule has 0 bridgehead atoms. The van der Waals surface area contributed by atoms with Gasteiger partial charge in [-0.3, -0.25) is 0 Å². The largest absolute Gasteiger partial charge is 0.456 e. The van der Waals surface area contributed by atoms with Gasteiger partial charge in [0.2, 0.25) is 0 Å². The number of benzene rings is 8. The number of fused-ring (bicyclic) bond motifs is 3. The molecule has 10 rings (SSSR count). The molecule has 0 saturated heterocycles. The second-order valence-electron chi connectivity index (χ2n) is 13.6. The molecule has 0 aliphatic rings. The van der Waals surface area contributed by atoms with E-state index in [2.05, 4.69) is 152 Å². The summed E-state index contributed by atoms with van der Waals surface area (Å²) in [5.41, 5.74) is 13.4. The smallest absolute Gasteiger partial charge is 0.164 e. The van der Waals surface area contributed by atoms with Crippen LogP contribution in [0.1, 0.15) is 0 Å². The van der Waals surface area contributed by atoms with E-state index in [-0.39, 0.29) is 0 Å². The minimum atomic E-state index is 0.576. The van der Waals surface area contributed by atoms with Crippen LogP contribution in [0.15, 0.2) is 205 Å². The Morgan fingerprint density at radius 2 is 0.745 bits per heavy atom. The van der Waals surface area contributed by atoms with Crippen molar-refractivity contribution in [3.8, 4) is 78.7 Å². The third-order valence-corrected chi connectivity index (χ3v) is 10.1. The highest BCUT2D eigenvalue weighted by Crippen LogP contribution is 2.41. The first-order chi connectivity index (χ1) is 27.2. The van der Waals surface area contributed by atoms with E-state index in [1.807, 2.05) is 48.5 Å². The molecule has 0 unspecified atom stereocenters. The van der Waals surface area contributed by atoms with E-state index in [1.165, 1.54) is 11.1 Å². The lowest BCUT2D eigenvalue weighted by Crippen LogP contribution is -2.00. The quantitative estimate of drug-likeness (QED) is 0.166. The Kier molecular flexibility index (Phi) is 8.12. The van der Waals surface area contributed by atoms with Crippen LogP contribution >= 0.6 is 0 Å². The zero-order valence-corrected chi connectivity index (χ0v) is 29.8. The molecule has 0 spiro atoms. The third kappa shape index (κ3) is 6.16. The fraction of sp³-hybridized carbons (Fsp3) is 0. The summed E-state index contributed by atoms with van der Waals surface area (Å²) < 4.78 is 6.61. The van der Waals surface area contributed by atoms with Gasteiger partial charge in [-0.15, -0.1) is 0 Å². The maximum absolute atomic E-state index is 6.61. The number of furan rings is 1. The fourth-order valence-corrected chi connectivity index (χ4v) is 7.48. The van der Waals surface area contributed by atoms with Gasteiger partial charge in [-0.1, -0.05) is 164 Å². The zero-order valence-electron chi connectivity index (χ0n) is 29.8. The fourth-order valence-electron chi connectivity index (χ4n) is 7.48. The summed E-state index contributed by atoms with van der Waals surface area (Å²) in [6.07, 6.45) is 0. The van der Waals surface area contributed by atoms with Crippen molar-refractivity contribution >= 4 is 21.9 Å². The molecule has 0 radical (unpaired) electrons. The number of hydrogen-bond donors (Lipinski definition) is 0.